The molecule has 0 bridgehead atoms. The Morgan fingerprint density at radius 2 is 2.07 bits per heavy atom. The number of aromatic nitrogens is 2. The third-order valence-corrected chi connectivity index (χ3v) is 2.87. The van der Waals surface area contributed by atoms with Crippen LogP contribution in [0, 0.1) is 5.92 Å². The Morgan fingerprint density at radius 1 is 1.40 bits per heavy atom. The highest BCUT2D eigenvalue weighted by atomic mass is 15.1. The van der Waals surface area contributed by atoms with Gasteiger partial charge in [-0.25, -0.2) is 9.97 Å². The second kappa shape index (κ2) is 4.68. The van der Waals surface area contributed by atoms with E-state index in [0.717, 1.165) is 24.8 Å². The van der Waals surface area contributed by atoms with Crippen LogP contribution >= 0.6 is 0 Å². The molecule has 1 aromatic rings. The molecule has 82 valence electrons. The van der Waals surface area contributed by atoms with Gasteiger partial charge in [-0.05, 0) is 31.9 Å². The van der Waals surface area contributed by atoms with Crippen LogP contribution in [0.4, 0.5) is 0 Å². The van der Waals surface area contributed by atoms with Gasteiger partial charge in [-0.15, -0.1) is 0 Å². The van der Waals surface area contributed by atoms with Crippen molar-refractivity contribution in [1.82, 2.24) is 14.9 Å². The van der Waals surface area contributed by atoms with Gasteiger partial charge >= 0.3 is 0 Å². The quantitative estimate of drug-likeness (QED) is 0.785. The molecule has 0 radical (unpaired) electrons. The molecule has 4 nitrogen and oxygen atoms in total. The Labute approximate surface area is 90.5 Å². The molecule has 15 heavy (non-hydrogen) atoms. The van der Waals surface area contributed by atoms with Crippen molar-refractivity contribution >= 4 is 0 Å². The van der Waals surface area contributed by atoms with Crippen LogP contribution in [0.1, 0.15) is 18.7 Å². The molecule has 1 heterocycles. The maximum Gasteiger partial charge on any atom is 0.142 e. The molecule has 2 rings (SSSR count). The van der Waals surface area contributed by atoms with E-state index in [1.807, 2.05) is 6.07 Å². The van der Waals surface area contributed by atoms with Crippen LogP contribution in [0.2, 0.25) is 0 Å². The summed E-state index contributed by atoms with van der Waals surface area (Å²) < 4.78 is 0. The summed E-state index contributed by atoms with van der Waals surface area (Å²) in [5.41, 5.74) is 5.75. The van der Waals surface area contributed by atoms with Crippen LogP contribution in [0.15, 0.2) is 18.5 Å². The molecule has 1 aromatic heterocycles. The van der Waals surface area contributed by atoms with Crippen LogP contribution in [-0.2, 0) is 6.54 Å². The minimum atomic E-state index is 0.441. The third kappa shape index (κ3) is 2.97. The summed E-state index contributed by atoms with van der Waals surface area (Å²) in [7, 11) is 2.11. The minimum Gasteiger partial charge on any atom is -0.328 e. The Balaban J connectivity index is 1.75. The van der Waals surface area contributed by atoms with E-state index >= 15 is 0 Å². The molecule has 1 aliphatic rings. The average molecular weight is 206 g/mol. The van der Waals surface area contributed by atoms with E-state index in [1.165, 1.54) is 12.8 Å². The first kappa shape index (κ1) is 10.5. The first-order valence-corrected chi connectivity index (χ1v) is 5.44. The van der Waals surface area contributed by atoms with Gasteiger partial charge in [0.1, 0.15) is 5.82 Å². The normalized spacial score (nSPS) is 25.3. The van der Waals surface area contributed by atoms with Crippen LogP contribution in [0.25, 0.3) is 0 Å². The lowest BCUT2D eigenvalue weighted by atomic mass is 9.81. The standard InChI is InChI=1S/C11H18N4/c1-15(7-9-5-10(12)6-9)8-11-13-3-2-4-14-11/h2-4,9-10H,5-8,12H2,1H3. The number of nitrogens with zero attached hydrogens (tertiary/aromatic N) is 3. The molecule has 2 N–H and O–H groups in total. The van der Waals surface area contributed by atoms with E-state index in [2.05, 4.69) is 21.9 Å². The van der Waals surface area contributed by atoms with Gasteiger partial charge in [0.25, 0.3) is 0 Å². The Kier molecular flexibility index (Phi) is 3.28. The molecule has 0 saturated heterocycles. The van der Waals surface area contributed by atoms with E-state index in [-0.39, 0.29) is 0 Å². The maximum atomic E-state index is 5.75. The summed E-state index contributed by atoms with van der Waals surface area (Å²) in [4.78, 5) is 10.7. The maximum absolute atomic E-state index is 5.75. The molecule has 0 spiro atoms. The van der Waals surface area contributed by atoms with Gasteiger partial charge in [-0.1, -0.05) is 0 Å². The monoisotopic (exact) mass is 206 g/mol. The van der Waals surface area contributed by atoms with Crippen molar-refractivity contribution in [2.24, 2.45) is 11.7 Å². The van der Waals surface area contributed by atoms with Gasteiger partial charge in [-0.2, -0.15) is 0 Å². The molecular formula is C11H18N4. The first-order chi connectivity index (χ1) is 7.24. The van der Waals surface area contributed by atoms with Gasteiger partial charge in [0.2, 0.25) is 0 Å². The van der Waals surface area contributed by atoms with Crippen LogP contribution in [-0.4, -0.2) is 34.5 Å². The Hall–Kier alpha value is -1.00. The largest absolute Gasteiger partial charge is 0.328 e. The van der Waals surface area contributed by atoms with E-state index in [4.69, 9.17) is 5.73 Å². The molecule has 1 saturated carbocycles. The molecule has 0 aliphatic heterocycles. The van der Waals surface area contributed by atoms with Crippen LogP contribution in [0.5, 0.6) is 0 Å². The summed E-state index contributed by atoms with van der Waals surface area (Å²) in [6, 6.07) is 2.28. The number of nitrogens with two attached hydrogens (primary N) is 1. The fraction of sp³-hybridized carbons (Fsp3) is 0.636. The predicted octanol–water partition coefficient (Wildman–Crippen LogP) is 0.646. The van der Waals surface area contributed by atoms with Crippen molar-refractivity contribution < 1.29 is 0 Å². The topological polar surface area (TPSA) is 55.0 Å². The lowest BCUT2D eigenvalue weighted by Crippen LogP contribution is -2.41. The zero-order valence-corrected chi connectivity index (χ0v) is 9.13. The molecule has 0 aromatic carbocycles. The van der Waals surface area contributed by atoms with E-state index in [9.17, 15) is 0 Å². The molecular weight excluding hydrogens is 188 g/mol. The van der Waals surface area contributed by atoms with Crippen LogP contribution in [0.3, 0.4) is 0 Å². The van der Waals surface area contributed by atoms with Gasteiger partial charge in [0.15, 0.2) is 0 Å². The van der Waals surface area contributed by atoms with Crippen molar-refractivity contribution in [3.8, 4) is 0 Å². The molecule has 0 atom stereocenters. The van der Waals surface area contributed by atoms with Gasteiger partial charge in [0.05, 0.1) is 6.54 Å². The van der Waals surface area contributed by atoms with E-state index < -0.39 is 0 Å². The zero-order chi connectivity index (χ0) is 10.7. The van der Waals surface area contributed by atoms with Gasteiger partial charge < -0.3 is 5.73 Å². The van der Waals surface area contributed by atoms with Crippen molar-refractivity contribution in [1.29, 1.82) is 0 Å². The molecule has 1 fully saturated rings. The van der Waals surface area contributed by atoms with Crippen molar-refractivity contribution in [2.75, 3.05) is 13.6 Å². The van der Waals surface area contributed by atoms with Crippen molar-refractivity contribution in [2.45, 2.75) is 25.4 Å². The second-order valence-corrected chi connectivity index (χ2v) is 4.46. The SMILES string of the molecule is CN(Cc1ncccn1)CC1CC(N)C1. The number of hydrogen-bond acceptors (Lipinski definition) is 4. The number of hydrogen-bond donors (Lipinski definition) is 1. The molecule has 1 aliphatic carbocycles. The molecule has 4 heteroatoms. The zero-order valence-electron chi connectivity index (χ0n) is 9.13. The van der Waals surface area contributed by atoms with Crippen LogP contribution < -0.4 is 5.73 Å². The Bertz CT molecular complexity index is 295. The Morgan fingerprint density at radius 3 is 2.67 bits per heavy atom. The highest BCUT2D eigenvalue weighted by Gasteiger charge is 2.26. The van der Waals surface area contributed by atoms with Crippen molar-refractivity contribution in [3.63, 3.8) is 0 Å². The average Bonchev–Trinajstić information content (AvgIpc) is 2.17. The molecule has 0 unspecified atom stereocenters. The predicted molar refractivity (Wildman–Crippen MR) is 59.1 cm³/mol. The summed E-state index contributed by atoms with van der Waals surface area (Å²) in [6.07, 6.45) is 5.91. The number of rotatable bonds is 4. The minimum absolute atomic E-state index is 0.441. The molecule has 0 amide bonds. The fourth-order valence-electron chi connectivity index (χ4n) is 2.09. The van der Waals surface area contributed by atoms with E-state index in [1.54, 1.807) is 12.4 Å². The summed E-state index contributed by atoms with van der Waals surface area (Å²) in [5.74, 6) is 1.66. The summed E-state index contributed by atoms with van der Waals surface area (Å²) in [5, 5.41) is 0. The van der Waals surface area contributed by atoms with Crippen molar-refractivity contribution in [3.05, 3.63) is 24.3 Å². The van der Waals surface area contributed by atoms with E-state index in [0.29, 0.717) is 6.04 Å². The first-order valence-electron chi connectivity index (χ1n) is 5.44. The second-order valence-electron chi connectivity index (χ2n) is 4.46. The lowest BCUT2D eigenvalue weighted by Gasteiger charge is -2.35. The summed E-state index contributed by atoms with van der Waals surface area (Å²) in [6.45, 7) is 1.93. The third-order valence-electron chi connectivity index (χ3n) is 2.87. The van der Waals surface area contributed by atoms with Gasteiger partial charge in [0, 0.05) is 25.0 Å². The highest BCUT2D eigenvalue weighted by molar-refractivity contribution is 4.89. The lowest BCUT2D eigenvalue weighted by molar-refractivity contribution is 0.176. The summed E-state index contributed by atoms with van der Waals surface area (Å²) >= 11 is 0. The fourth-order valence-corrected chi connectivity index (χ4v) is 2.09. The van der Waals surface area contributed by atoms with Gasteiger partial charge in [-0.3, -0.25) is 4.90 Å². The smallest absolute Gasteiger partial charge is 0.142 e. The highest BCUT2D eigenvalue weighted by Crippen LogP contribution is 2.26.